The molecule has 30 heavy (non-hydrogen) atoms. The van der Waals surface area contributed by atoms with Gasteiger partial charge in [0.1, 0.15) is 6.61 Å². The molecule has 152 valence electrons. The standard InChI is InChI=1S/C25H23BrN2O2/c1-29-22-9-5-8-19(25(22)30-15-16-6-3-2-4-7-16)23-24-18(12-13-27-23)20-14-17(26)10-11-21(20)28-24/h2-11,14,23,27-28H,12-13,15H2,1H3. The molecule has 2 heterocycles. The molecule has 2 N–H and O–H groups in total. The monoisotopic (exact) mass is 462 g/mol. The molecular formula is C25H23BrN2O2. The average molecular weight is 463 g/mol. The molecule has 0 spiro atoms. The van der Waals surface area contributed by atoms with E-state index in [1.807, 2.05) is 30.3 Å². The third kappa shape index (κ3) is 3.48. The third-order valence-electron chi connectivity index (χ3n) is 5.68. The number of hydrogen-bond acceptors (Lipinski definition) is 3. The summed E-state index contributed by atoms with van der Waals surface area (Å²) in [6, 6.07) is 22.7. The smallest absolute Gasteiger partial charge is 0.166 e. The van der Waals surface area contributed by atoms with Gasteiger partial charge in [-0.25, -0.2) is 0 Å². The second-order valence-corrected chi connectivity index (χ2v) is 8.41. The zero-order chi connectivity index (χ0) is 20.5. The molecule has 1 aromatic heterocycles. The first kappa shape index (κ1) is 19.2. The van der Waals surface area contributed by atoms with E-state index in [1.54, 1.807) is 7.11 Å². The summed E-state index contributed by atoms with van der Waals surface area (Å²) in [5.41, 5.74) is 5.93. The van der Waals surface area contributed by atoms with Crippen LogP contribution in [0.15, 0.2) is 71.2 Å². The van der Waals surface area contributed by atoms with Crippen LogP contribution in [0.25, 0.3) is 10.9 Å². The number of benzene rings is 3. The van der Waals surface area contributed by atoms with Gasteiger partial charge in [-0.3, -0.25) is 0 Å². The Morgan fingerprint density at radius 1 is 1.03 bits per heavy atom. The first-order chi connectivity index (χ1) is 14.7. The molecule has 5 rings (SSSR count). The Balaban J connectivity index is 1.57. The van der Waals surface area contributed by atoms with Gasteiger partial charge < -0.3 is 19.8 Å². The number of halogens is 1. The summed E-state index contributed by atoms with van der Waals surface area (Å²) >= 11 is 3.61. The maximum absolute atomic E-state index is 6.32. The van der Waals surface area contributed by atoms with Gasteiger partial charge in [0, 0.05) is 33.2 Å². The molecule has 4 nitrogen and oxygen atoms in total. The summed E-state index contributed by atoms with van der Waals surface area (Å²) in [5.74, 6) is 1.53. The number of aromatic nitrogens is 1. The van der Waals surface area contributed by atoms with Gasteiger partial charge in [-0.05, 0) is 41.8 Å². The molecule has 0 aliphatic carbocycles. The van der Waals surface area contributed by atoms with E-state index >= 15 is 0 Å². The fourth-order valence-corrected chi connectivity index (χ4v) is 4.63. The van der Waals surface area contributed by atoms with Crippen LogP contribution in [0.2, 0.25) is 0 Å². The van der Waals surface area contributed by atoms with Gasteiger partial charge >= 0.3 is 0 Å². The Kier molecular flexibility index (Phi) is 5.23. The van der Waals surface area contributed by atoms with Crippen LogP contribution in [-0.4, -0.2) is 18.6 Å². The van der Waals surface area contributed by atoms with E-state index in [1.165, 1.54) is 16.6 Å². The maximum atomic E-state index is 6.32. The lowest BCUT2D eigenvalue weighted by atomic mass is 9.93. The first-order valence-corrected chi connectivity index (χ1v) is 10.9. The number of rotatable bonds is 5. The van der Waals surface area contributed by atoms with Gasteiger partial charge in [-0.2, -0.15) is 0 Å². The topological polar surface area (TPSA) is 46.3 Å². The molecule has 0 saturated heterocycles. The Hall–Kier alpha value is -2.76. The Labute approximate surface area is 184 Å². The molecule has 0 fully saturated rings. The van der Waals surface area contributed by atoms with Crippen molar-refractivity contribution in [2.45, 2.75) is 19.1 Å². The zero-order valence-electron chi connectivity index (χ0n) is 16.7. The number of nitrogens with one attached hydrogen (secondary N) is 2. The summed E-state index contributed by atoms with van der Waals surface area (Å²) in [7, 11) is 1.69. The van der Waals surface area contributed by atoms with Gasteiger partial charge in [0.25, 0.3) is 0 Å². The predicted octanol–water partition coefficient (Wildman–Crippen LogP) is 5.75. The number of aromatic amines is 1. The second-order valence-electron chi connectivity index (χ2n) is 7.50. The number of para-hydroxylation sites is 1. The summed E-state index contributed by atoms with van der Waals surface area (Å²) in [6.45, 7) is 1.40. The molecular weight excluding hydrogens is 440 g/mol. The van der Waals surface area contributed by atoms with Crippen molar-refractivity contribution < 1.29 is 9.47 Å². The van der Waals surface area contributed by atoms with Crippen molar-refractivity contribution in [2.75, 3.05) is 13.7 Å². The van der Waals surface area contributed by atoms with E-state index < -0.39 is 0 Å². The van der Waals surface area contributed by atoms with E-state index in [-0.39, 0.29) is 6.04 Å². The van der Waals surface area contributed by atoms with E-state index in [0.29, 0.717) is 6.61 Å². The maximum Gasteiger partial charge on any atom is 0.166 e. The SMILES string of the molecule is COc1cccc(C2NCCc3c2[nH]c2ccc(Br)cc32)c1OCc1ccccc1. The molecule has 3 aromatic carbocycles. The predicted molar refractivity (Wildman–Crippen MR) is 123 cm³/mol. The highest BCUT2D eigenvalue weighted by Crippen LogP contribution is 2.41. The zero-order valence-corrected chi connectivity index (χ0v) is 18.3. The molecule has 0 amide bonds. The van der Waals surface area contributed by atoms with E-state index in [4.69, 9.17) is 9.47 Å². The number of hydrogen-bond donors (Lipinski definition) is 2. The molecule has 1 atom stereocenters. The summed E-state index contributed by atoms with van der Waals surface area (Å²) < 4.78 is 13.1. The summed E-state index contributed by atoms with van der Waals surface area (Å²) in [4.78, 5) is 3.65. The Morgan fingerprint density at radius 2 is 1.90 bits per heavy atom. The normalized spacial score (nSPS) is 15.7. The van der Waals surface area contributed by atoms with Crippen LogP contribution in [0.4, 0.5) is 0 Å². The Morgan fingerprint density at radius 3 is 2.73 bits per heavy atom. The molecule has 1 unspecified atom stereocenters. The lowest BCUT2D eigenvalue weighted by molar-refractivity contribution is 0.278. The minimum atomic E-state index is 0.0146. The van der Waals surface area contributed by atoms with Crippen LogP contribution in [-0.2, 0) is 13.0 Å². The highest BCUT2D eigenvalue weighted by Gasteiger charge is 2.28. The number of ether oxygens (including phenoxy) is 2. The Bertz CT molecular complexity index is 1190. The van der Waals surface area contributed by atoms with Crippen molar-refractivity contribution in [2.24, 2.45) is 0 Å². The lowest BCUT2D eigenvalue weighted by Gasteiger charge is -2.27. The quantitative estimate of drug-likeness (QED) is 0.396. The van der Waals surface area contributed by atoms with Crippen molar-refractivity contribution >= 4 is 26.8 Å². The minimum absolute atomic E-state index is 0.0146. The van der Waals surface area contributed by atoms with Gasteiger partial charge in [0.2, 0.25) is 0 Å². The van der Waals surface area contributed by atoms with Gasteiger partial charge in [0.15, 0.2) is 11.5 Å². The fourth-order valence-electron chi connectivity index (χ4n) is 4.27. The van der Waals surface area contributed by atoms with E-state index in [9.17, 15) is 0 Å². The van der Waals surface area contributed by atoms with Crippen LogP contribution in [0.3, 0.4) is 0 Å². The highest BCUT2D eigenvalue weighted by atomic mass is 79.9. The van der Waals surface area contributed by atoms with Gasteiger partial charge in [0.05, 0.1) is 13.2 Å². The highest BCUT2D eigenvalue weighted by molar-refractivity contribution is 9.10. The van der Waals surface area contributed by atoms with Crippen LogP contribution >= 0.6 is 15.9 Å². The summed E-state index contributed by atoms with van der Waals surface area (Å²) in [5, 5.41) is 4.96. The van der Waals surface area contributed by atoms with Crippen molar-refractivity contribution in [3.05, 3.63) is 93.6 Å². The minimum Gasteiger partial charge on any atom is -0.493 e. The second kappa shape index (κ2) is 8.17. The number of H-pyrrole nitrogens is 1. The molecule has 4 aromatic rings. The van der Waals surface area contributed by atoms with Gasteiger partial charge in [-0.1, -0.05) is 58.4 Å². The first-order valence-electron chi connectivity index (χ1n) is 10.1. The number of fused-ring (bicyclic) bond motifs is 3. The van der Waals surface area contributed by atoms with Crippen LogP contribution in [0.5, 0.6) is 11.5 Å². The molecule has 0 radical (unpaired) electrons. The van der Waals surface area contributed by atoms with Gasteiger partial charge in [-0.15, -0.1) is 0 Å². The molecule has 0 bridgehead atoms. The fraction of sp³-hybridized carbons (Fsp3) is 0.200. The summed E-state index contributed by atoms with van der Waals surface area (Å²) in [6.07, 6.45) is 0.993. The molecule has 5 heteroatoms. The van der Waals surface area contributed by atoms with Crippen LogP contribution < -0.4 is 14.8 Å². The van der Waals surface area contributed by atoms with Crippen molar-refractivity contribution in [3.8, 4) is 11.5 Å². The van der Waals surface area contributed by atoms with Crippen LogP contribution in [0, 0.1) is 0 Å². The largest absolute Gasteiger partial charge is 0.493 e. The van der Waals surface area contributed by atoms with E-state index in [0.717, 1.165) is 45.6 Å². The molecule has 1 aliphatic heterocycles. The van der Waals surface area contributed by atoms with Crippen molar-refractivity contribution in [1.82, 2.24) is 10.3 Å². The number of methoxy groups -OCH3 is 1. The average Bonchev–Trinajstić information content (AvgIpc) is 3.16. The molecule has 1 aliphatic rings. The third-order valence-corrected chi connectivity index (χ3v) is 6.17. The molecule has 0 saturated carbocycles. The van der Waals surface area contributed by atoms with Crippen molar-refractivity contribution in [3.63, 3.8) is 0 Å². The van der Waals surface area contributed by atoms with E-state index in [2.05, 4.69) is 62.6 Å². The lowest BCUT2D eigenvalue weighted by Crippen LogP contribution is -2.30. The van der Waals surface area contributed by atoms with Crippen LogP contribution in [0.1, 0.15) is 28.4 Å². The van der Waals surface area contributed by atoms with Crippen molar-refractivity contribution in [1.29, 1.82) is 0 Å².